The van der Waals surface area contributed by atoms with E-state index in [1.807, 2.05) is 32.6 Å². The Morgan fingerprint density at radius 3 is 2.07 bits per heavy atom. The van der Waals surface area contributed by atoms with Gasteiger partial charge in [0.25, 0.3) is 0 Å². The lowest BCUT2D eigenvalue weighted by molar-refractivity contribution is -0.144. The number of hydrogen-bond donors (Lipinski definition) is 0. The van der Waals surface area contributed by atoms with E-state index in [1.165, 1.54) is 12.1 Å². The Bertz CT molecular complexity index is 728. The van der Waals surface area contributed by atoms with Gasteiger partial charge in [0.1, 0.15) is 17.3 Å². The summed E-state index contributed by atoms with van der Waals surface area (Å²) in [6, 6.07) is 2.57. The Labute approximate surface area is 171 Å². The third-order valence-electron chi connectivity index (χ3n) is 5.91. The highest BCUT2D eigenvalue weighted by molar-refractivity contribution is 6.62. The Morgan fingerprint density at radius 2 is 1.59 bits per heavy atom. The highest BCUT2D eigenvalue weighted by Gasteiger charge is 2.52. The number of carbonyl (C=O) groups is 1. The van der Waals surface area contributed by atoms with Crippen molar-refractivity contribution in [2.45, 2.75) is 45.8 Å². The van der Waals surface area contributed by atoms with Gasteiger partial charge in [0, 0.05) is 26.2 Å². The van der Waals surface area contributed by atoms with Crippen LogP contribution in [0.5, 0.6) is 0 Å². The molecule has 2 heterocycles. The summed E-state index contributed by atoms with van der Waals surface area (Å²) in [5, 5.41) is 0. The number of esters is 1. The zero-order chi connectivity index (χ0) is 21.4. The van der Waals surface area contributed by atoms with Crippen LogP contribution in [0.1, 0.15) is 34.6 Å². The Balaban J connectivity index is 1.69. The fourth-order valence-electron chi connectivity index (χ4n) is 3.52. The van der Waals surface area contributed by atoms with Crippen LogP contribution >= 0.6 is 0 Å². The molecule has 0 aliphatic carbocycles. The Morgan fingerprint density at radius 1 is 1.07 bits per heavy atom. The monoisotopic (exact) mass is 410 g/mol. The number of hydrogen-bond acceptors (Lipinski definition) is 6. The maximum atomic E-state index is 14.9. The van der Waals surface area contributed by atoms with Gasteiger partial charge in [-0.1, -0.05) is 0 Å². The van der Waals surface area contributed by atoms with Crippen LogP contribution in [0, 0.1) is 11.6 Å². The lowest BCUT2D eigenvalue weighted by atomic mass is 9.79. The number of halogens is 2. The van der Waals surface area contributed by atoms with E-state index >= 15 is 0 Å². The van der Waals surface area contributed by atoms with Gasteiger partial charge >= 0.3 is 13.1 Å². The Hall–Kier alpha value is -1.71. The first kappa shape index (κ1) is 22.0. The van der Waals surface area contributed by atoms with Gasteiger partial charge in [-0.2, -0.15) is 0 Å². The maximum absolute atomic E-state index is 14.9. The van der Waals surface area contributed by atoms with Crippen LogP contribution < -0.4 is 10.4 Å². The first-order valence-electron chi connectivity index (χ1n) is 10.0. The zero-order valence-electron chi connectivity index (χ0n) is 17.8. The fraction of sp³-hybridized carbons (Fsp3) is 0.650. The summed E-state index contributed by atoms with van der Waals surface area (Å²) >= 11 is 0. The molecular formula is C20H29BF2N2O4. The van der Waals surface area contributed by atoms with Crippen LogP contribution in [0.15, 0.2) is 12.1 Å². The van der Waals surface area contributed by atoms with Crippen molar-refractivity contribution in [3.63, 3.8) is 0 Å². The lowest BCUT2D eigenvalue weighted by Crippen LogP contribution is -2.49. The molecule has 0 amide bonds. The van der Waals surface area contributed by atoms with E-state index in [0.29, 0.717) is 38.2 Å². The smallest absolute Gasteiger partial charge is 0.465 e. The summed E-state index contributed by atoms with van der Waals surface area (Å²) in [5.74, 6) is -1.58. The van der Waals surface area contributed by atoms with Crippen molar-refractivity contribution in [2.24, 2.45) is 0 Å². The molecule has 0 N–H and O–H groups in total. The third kappa shape index (κ3) is 4.57. The standard InChI is InChI=1S/C20H29BF2N2O4/c1-6-27-17(26)13-24-7-9-25(10-8-24)18-15(22)11-14(12-16(18)23)21-28-19(2,3)20(4,5)29-21/h11-12H,6-10,13H2,1-5H3. The molecule has 2 aliphatic heterocycles. The van der Waals surface area contributed by atoms with E-state index in [0.717, 1.165) is 0 Å². The van der Waals surface area contributed by atoms with Crippen LogP contribution in [0.2, 0.25) is 0 Å². The van der Waals surface area contributed by atoms with Crippen molar-refractivity contribution in [3.8, 4) is 0 Å². The topological polar surface area (TPSA) is 51.2 Å². The summed E-state index contributed by atoms with van der Waals surface area (Å²) in [6.07, 6.45) is 0. The second kappa shape index (κ2) is 8.20. The van der Waals surface area contributed by atoms with Crippen LogP contribution in [-0.2, 0) is 18.8 Å². The molecule has 3 rings (SSSR count). The van der Waals surface area contributed by atoms with Gasteiger partial charge in [0.15, 0.2) is 0 Å². The largest absolute Gasteiger partial charge is 0.495 e. The van der Waals surface area contributed by atoms with E-state index in [2.05, 4.69) is 0 Å². The van der Waals surface area contributed by atoms with Gasteiger partial charge in [0.2, 0.25) is 0 Å². The molecular weight excluding hydrogens is 381 g/mol. The second-order valence-corrected chi connectivity index (χ2v) is 8.49. The predicted octanol–water partition coefficient (Wildman–Crippen LogP) is 1.95. The van der Waals surface area contributed by atoms with Gasteiger partial charge in [0.05, 0.1) is 24.4 Å². The number of anilines is 1. The van der Waals surface area contributed by atoms with Crippen LogP contribution in [0.4, 0.5) is 14.5 Å². The molecule has 1 aromatic rings. The molecule has 0 spiro atoms. The number of benzene rings is 1. The Kier molecular flexibility index (Phi) is 6.22. The number of piperazine rings is 1. The summed E-state index contributed by atoms with van der Waals surface area (Å²) in [6.45, 7) is 11.7. The minimum atomic E-state index is -0.820. The zero-order valence-corrected chi connectivity index (χ0v) is 17.8. The third-order valence-corrected chi connectivity index (χ3v) is 5.91. The predicted molar refractivity (Wildman–Crippen MR) is 107 cm³/mol. The van der Waals surface area contributed by atoms with Crippen molar-refractivity contribution >= 4 is 24.2 Å². The van der Waals surface area contributed by atoms with Crippen molar-refractivity contribution < 1.29 is 27.6 Å². The van der Waals surface area contributed by atoms with Gasteiger partial charge in [-0.3, -0.25) is 9.69 Å². The summed E-state index contributed by atoms with van der Waals surface area (Å²) in [7, 11) is -0.820. The molecule has 2 saturated heterocycles. The number of ether oxygens (including phenoxy) is 1. The second-order valence-electron chi connectivity index (χ2n) is 8.49. The highest BCUT2D eigenvalue weighted by atomic mass is 19.1. The van der Waals surface area contributed by atoms with Crippen LogP contribution in [-0.4, -0.2) is 68.5 Å². The molecule has 0 atom stereocenters. The van der Waals surface area contributed by atoms with E-state index < -0.39 is 30.0 Å². The maximum Gasteiger partial charge on any atom is 0.495 e. The first-order chi connectivity index (χ1) is 13.5. The van der Waals surface area contributed by atoms with Crippen LogP contribution in [0.25, 0.3) is 0 Å². The molecule has 0 aromatic heterocycles. The van der Waals surface area contributed by atoms with Gasteiger partial charge in [-0.15, -0.1) is 0 Å². The van der Waals surface area contributed by atoms with Crippen molar-refractivity contribution in [2.75, 3.05) is 44.2 Å². The van der Waals surface area contributed by atoms with Gasteiger partial charge in [-0.25, -0.2) is 8.78 Å². The lowest BCUT2D eigenvalue weighted by Gasteiger charge is -2.35. The van der Waals surface area contributed by atoms with Gasteiger partial charge in [-0.05, 0) is 52.2 Å². The quantitative estimate of drug-likeness (QED) is 0.547. The van der Waals surface area contributed by atoms with Crippen molar-refractivity contribution in [3.05, 3.63) is 23.8 Å². The molecule has 0 unspecified atom stereocenters. The molecule has 0 radical (unpaired) electrons. The number of carbonyl (C=O) groups excluding carboxylic acids is 1. The molecule has 0 bridgehead atoms. The van der Waals surface area contributed by atoms with Gasteiger partial charge < -0.3 is 18.9 Å². The van der Waals surface area contributed by atoms with E-state index in [-0.39, 0.29) is 18.2 Å². The molecule has 0 saturated carbocycles. The molecule has 1 aromatic carbocycles. The molecule has 2 fully saturated rings. The summed E-state index contributed by atoms with van der Waals surface area (Å²) in [4.78, 5) is 15.2. The first-order valence-corrected chi connectivity index (χ1v) is 10.0. The van der Waals surface area contributed by atoms with Crippen molar-refractivity contribution in [1.82, 2.24) is 4.90 Å². The summed E-state index contributed by atoms with van der Waals surface area (Å²) in [5.41, 5.74) is -0.902. The van der Waals surface area contributed by atoms with E-state index in [1.54, 1.807) is 11.8 Å². The SMILES string of the molecule is CCOC(=O)CN1CCN(c2c(F)cc(B3OC(C)(C)C(C)(C)O3)cc2F)CC1. The molecule has 6 nitrogen and oxygen atoms in total. The average molecular weight is 410 g/mol. The molecule has 2 aliphatic rings. The minimum Gasteiger partial charge on any atom is -0.465 e. The number of rotatable bonds is 5. The molecule has 9 heteroatoms. The molecule has 29 heavy (non-hydrogen) atoms. The van der Waals surface area contributed by atoms with Crippen LogP contribution in [0.3, 0.4) is 0 Å². The van der Waals surface area contributed by atoms with Crippen molar-refractivity contribution in [1.29, 1.82) is 0 Å². The normalized spacial score (nSPS) is 21.5. The molecule has 160 valence electrons. The highest BCUT2D eigenvalue weighted by Crippen LogP contribution is 2.37. The fourth-order valence-corrected chi connectivity index (χ4v) is 3.52. The minimum absolute atomic E-state index is 0.0546. The summed E-state index contributed by atoms with van der Waals surface area (Å²) < 4.78 is 46.5. The average Bonchev–Trinajstić information content (AvgIpc) is 2.83. The van der Waals surface area contributed by atoms with E-state index in [9.17, 15) is 13.6 Å². The van der Waals surface area contributed by atoms with E-state index in [4.69, 9.17) is 14.0 Å². The number of nitrogens with zero attached hydrogens (tertiary/aromatic N) is 2.